The van der Waals surface area contributed by atoms with Gasteiger partial charge in [-0.1, -0.05) is 60.7 Å². The highest BCUT2D eigenvalue weighted by atomic mass is 14.9. The number of nitrogens with two attached hydrogens (primary N) is 2. The van der Waals surface area contributed by atoms with Crippen LogP contribution in [-0.4, -0.2) is 24.1 Å². The second-order valence-corrected chi connectivity index (χ2v) is 8.46. The molecule has 178 valence electrons. The summed E-state index contributed by atoms with van der Waals surface area (Å²) in [5.41, 5.74) is 22.3. The molecule has 0 amide bonds. The van der Waals surface area contributed by atoms with Gasteiger partial charge >= 0.3 is 0 Å². The van der Waals surface area contributed by atoms with E-state index in [1.54, 1.807) is 6.07 Å². The second-order valence-electron chi connectivity index (χ2n) is 8.46. The lowest BCUT2D eigenvalue weighted by atomic mass is 9.97. The van der Waals surface area contributed by atoms with Crippen LogP contribution in [0.15, 0.2) is 97.1 Å². The van der Waals surface area contributed by atoms with Crippen molar-refractivity contribution in [2.45, 2.75) is 0 Å². The Labute approximate surface area is 211 Å². The zero-order valence-corrected chi connectivity index (χ0v) is 20.3. The molecule has 0 aliphatic rings. The lowest BCUT2D eigenvalue weighted by Crippen LogP contribution is -2.04. The summed E-state index contributed by atoms with van der Waals surface area (Å²) < 4.78 is 0. The molecular formula is C30H28N6. The van der Waals surface area contributed by atoms with Crippen molar-refractivity contribution in [1.82, 2.24) is 9.97 Å². The van der Waals surface area contributed by atoms with Crippen molar-refractivity contribution in [1.29, 1.82) is 0 Å². The highest BCUT2D eigenvalue weighted by Crippen LogP contribution is 2.41. The van der Waals surface area contributed by atoms with Crippen LogP contribution in [0.1, 0.15) is 0 Å². The minimum Gasteiger partial charge on any atom is -0.399 e. The smallest absolute Gasteiger partial charge is 0.0994 e. The van der Waals surface area contributed by atoms with Gasteiger partial charge in [0.05, 0.1) is 22.8 Å². The Hall–Kier alpha value is -4.84. The third kappa shape index (κ3) is 4.32. The van der Waals surface area contributed by atoms with E-state index in [1.165, 1.54) is 0 Å². The van der Waals surface area contributed by atoms with Crippen molar-refractivity contribution in [2.24, 2.45) is 0 Å². The molecule has 0 radical (unpaired) electrons. The van der Waals surface area contributed by atoms with Crippen LogP contribution >= 0.6 is 0 Å². The van der Waals surface area contributed by atoms with Gasteiger partial charge in [0.1, 0.15) is 0 Å². The topological polar surface area (TPSA) is 102 Å². The van der Waals surface area contributed by atoms with Crippen LogP contribution in [0.2, 0.25) is 0 Å². The molecule has 0 spiro atoms. The number of nitrogen functional groups attached to an aromatic ring is 2. The maximum atomic E-state index is 6.46. The van der Waals surface area contributed by atoms with Crippen LogP contribution in [0.3, 0.4) is 0 Å². The molecule has 5 aromatic rings. The number of hydrogen-bond acceptors (Lipinski definition) is 6. The van der Waals surface area contributed by atoms with Crippen LogP contribution in [0.4, 0.5) is 22.7 Å². The van der Waals surface area contributed by atoms with E-state index in [0.29, 0.717) is 17.1 Å². The average molecular weight is 473 g/mol. The molecule has 1 aromatic heterocycles. The van der Waals surface area contributed by atoms with Gasteiger partial charge in [0.15, 0.2) is 0 Å². The Kier molecular flexibility index (Phi) is 6.24. The van der Waals surface area contributed by atoms with Gasteiger partial charge in [0, 0.05) is 59.1 Å². The number of nitrogens with zero attached hydrogens (tertiary/aromatic N) is 2. The molecule has 0 atom stereocenters. The number of aromatic nitrogens is 2. The molecule has 0 saturated heterocycles. The SMILES string of the molecule is CNc1ccc(NC)c(-c2nc(-c3cc(N)ccc3N)c(-c3ccccc3)nc2-c2ccccc2)c1. The monoisotopic (exact) mass is 472 g/mol. The lowest BCUT2D eigenvalue weighted by Gasteiger charge is -2.19. The maximum absolute atomic E-state index is 6.46. The first-order valence-electron chi connectivity index (χ1n) is 11.8. The summed E-state index contributed by atoms with van der Waals surface area (Å²) in [4.78, 5) is 10.5. The number of rotatable bonds is 6. The van der Waals surface area contributed by atoms with Crippen LogP contribution < -0.4 is 22.1 Å². The molecule has 6 N–H and O–H groups in total. The molecule has 0 aliphatic carbocycles. The van der Waals surface area contributed by atoms with Crippen molar-refractivity contribution in [2.75, 3.05) is 36.2 Å². The van der Waals surface area contributed by atoms with E-state index < -0.39 is 0 Å². The van der Waals surface area contributed by atoms with Gasteiger partial charge in [0.25, 0.3) is 0 Å². The van der Waals surface area contributed by atoms with Crippen LogP contribution in [-0.2, 0) is 0 Å². The molecule has 0 unspecified atom stereocenters. The average Bonchev–Trinajstić information content (AvgIpc) is 2.94. The van der Waals surface area contributed by atoms with E-state index in [0.717, 1.165) is 50.7 Å². The fourth-order valence-corrected chi connectivity index (χ4v) is 4.30. The largest absolute Gasteiger partial charge is 0.399 e. The highest BCUT2D eigenvalue weighted by Gasteiger charge is 2.22. The first-order valence-corrected chi connectivity index (χ1v) is 11.8. The fraction of sp³-hybridized carbons (Fsp3) is 0.0667. The summed E-state index contributed by atoms with van der Waals surface area (Å²) in [6.45, 7) is 0. The third-order valence-corrected chi connectivity index (χ3v) is 6.16. The predicted molar refractivity (Wildman–Crippen MR) is 152 cm³/mol. The number of hydrogen-bond donors (Lipinski definition) is 4. The number of nitrogens with one attached hydrogen (secondary N) is 2. The quantitative estimate of drug-likeness (QED) is 0.214. The molecule has 5 rings (SSSR count). The molecule has 6 nitrogen and oxygen atoms in total. The normalized spacial score (nSPS) is 10.7. The third-order valence-electron chi connectivity index (χ3n) is 6.16. The number of benzene rings is 4. The second kappa shape index (κ2) is 9.80. The number of anilines is 4. The predicted octanol–water partition coefficient (Wildman–Crippen LogP) is 6.39. The zero-order valence-electron chi connectivity index (χ0n) is 20.3. The molecule has 36 heavy (non-hydrogen) atoms. The van der Waals surface area contributed by atoms with E-state index in [1.807, 2.05) is 86.9 Å². The van der Waals surface area contributed by atoms with Gasteiger partial charge in [-0.25, -0.2) is 9.97 Å². The Morgan fingerprint density at radius 1 is 0.556 bits per heavy atom. The van der Waals surface area contributed by atoms with Gasteiger partial charge in [0.2, 0.25) is 0 Å². The summed E-state index contributed by atoms with van der Waals surface area (Å²) in [7, 11) is 3.81. The lowest BCUT2D eigenvalue weighted by molar-refractivity contribution is 1.21. The Bertz CT molecular complexity index is 1510. The van der Waals surface area contributed by atoms with Gasteiger partial charge < -0.3 is 22.1 Å². The summed E-state index contributed by atoms with van der Waals surface area (Å²) in [6.07, 6.45) is 0. The standard InChI is InChI=1S/C30H28N6/c1-33-22-14-16-26(34-2)24(18-22)30-28(20-11-7-4-8-12-20)35-27(19-9-5-3-6-10-19)29(36-30)23-17-21(31)13-15-25(23)32/h3-18,33-34H,31-32H2,1-2H3. The molecular weight excluding hydrogens is 444 g/mol. The molecule has 0 fully saturated rings. The molecule has 0 saturated carbocycles. The summed E-state index contributed by atoms with van der Waals surface area (Å²) in [6, 6.07) is 31.8. The minimum absolute atomic E-state index is 0.590. The van der Waals surface area contributed by atoms with Gasteiger partial charge in [-0.2, -0.15) is 0 Å². The van der Waals surface area contributed by atoms with E-state index >= 15 is 0 Å². The Balaban J connectivity index is 1.91. The molecule has 0 bridgehead atoms. The fourth-order valence-electron chi connectivity index (χ4n) is 4.30. The Morgan fingerprint density at radius 3 is 1.72 bits per heavy atom. The summed E-state index contributed by atoms with van der Waals surface area (Å²) in [5.74, 6) is 0. The van der Waals surface area contributed by atoms with E-state index in [4.69, 9.17) is 21.4 Å². The summed E-state index contributed by atoms with van der Waals surface area (Å²) in [5, 5.41) is 6.55. The van der Waals surface area contributed by atoms with Crippen LogP contribution in [0.5, 0.6) is 0 Å². The minimum atomic E-state index is 0.590. The Morgan fingerprint density at radius 2 is 1.14 bits per heavy atom. The van der Waals surface area contributed by atoms with Gasteiger partial charge in [-0.15, -0.1) is 0 Å². The highest BCUT2D eigenvalue weighted by molar-refractivity contribution is 5.93. The van der Waals surface area contributed by atoms with E-state index in [2.05, 4.69) is 28.8 Å². The molecule has 4 aromatic carbocycles. The van der Waals surface area contributed by atoms with Crippen molar-refractivity contribution in [3.8, 4) is 45.0 Å². The first-order chi connectivity index (χ1) is 17.6. The molecule has 1 heterocycles. The first kappa shape index (κ1) is 22.9. The van der Waals surface area contributed by atoms with Crippen LogP contribution in [0, 0.1) is 0 Å². The van der Waals surface area contributed by atoms with Gasteiger partial charge in [-0.05, 0) is 36.4 Å². The van der Waals surface area contributed by atoms with E-state index in [9.17, 15) is 0 Å². The van der Waals surface area contributed by atoms with Crippen LogP contribution in [0.25, 0.3) is 45.0 Å². The zero-order chi connectivity index (χ0) is 25.1. The van der Waals surface area contributed by atoms with Crippen molar-refractivity contribution in [3.63, 3.8) is 0 Å². The van der Waals surface area contributed by atoms with Gasteiger partial charge in [-0.3, -0.25) is 0 Å². The van der Waals surface area contributed by atoms with Crippen molar-refractivity contribution >= 4 is 22.7 Å². The van der Waals surface area contributed by atoms with E-state index in [-0.39, 0.29) is 0 Å². The maximum Gasteiger partial charge on any atom is 0.0994 e. The molecule has 6 heteroatoms. The van der Waals surface area contributed by atoms with Crippen molar-refractivity contribution < 1.29 is 0 Å². The van der Waals surface area contributed by atoms with Crippen molar-refractivity contribution in [3.05, 3.63) is 97.1 Å². The summed E-state index contributed by atoms with van der Waals surface area (Å²) >= 11 is 0. The molecule has 0 aliphatic heterocycles.